The highest BCUT2D eigenvalue weighted by atomic mass is 32.2. The molecule has 168 valence electrons. The number of nitrogens with zero attached hydrogens (tertiary/aromatic N) is 2. The van der Waals surface area contributed by atoms with E-state index in [1.54, 1.807) is 38.1 Å². The summed E-state index contributed by atoms with van der Waals surface area (Å²) in [5, 5.41) is 3.35. The van der Waals surface area contributed by atoms with Crippen molar-refractivity contribution in [2.24, 2.45) is 22.4 Å². The number of anilines is 1. The Hall–Kier alpha value is -3.54. The van der Waals surface area contributed by atoms with Gasteiger partial charge >= 0.3 is 0 Å². The molecule has 0 aliphatic carbocycles. The minimum absolute atomic E-state index is 0.00767. The molecule has 2 aromatic rings. The number of guanidine groups is 1. The maximum atomic E-state index is 13.0. The Balaban J connectivity index is 2.31. The Kier molecular flexibility index (Phi) is 7.64. The maximum absolute atomic E-state index is 13.0. The van der Waals surface area contributed by atoms with Crippen molar-refractivity contribution in [3.63, 3.8) is 0 Å². The number of aromatic nitrogens is 1. The van der Waals surface area contributed by atoms with Gasteiger partial charge in [-0.15, -0.1) is 0 Å². The SMILES string of the molecule is Cc1ccccc1CS(=O)(=O)Nc1ccc(C)n(C(CCON=C(N)N)C(N)=O)c1=O. The van der Waals surface area contributed by atoms with Crippen LogP contribution in [0.3, 0.4) is 0 Å². The molecule has 0 saturated heterocycles. The van der Waals surface area contributed by atoms with Gasteiger partial charge in [-0.25, -0.2) is 8.42 Å². The van der Waals surface area contributed by atoms with Crippen molar-refractivity contribution >= 4 is 27.6 Å². The summed E-state index contributed by atoms with van der Waals surface area (Å²) >= 11 is 0. The van der Waals surface area contributed by atoms with Crippen LogP contribution in [-0.2, 0) is 25.4 Å². The molecule has 0 aliphatic rings. The van der Waals surface area contributed by atoms with E-state index in [2.05, 4.69) is 9.88 Å². The number of hydrogen-bond donors (Lipinski definition) is 4. The molecule has 2 rings (SSSR count). The molecule has 1 atom stereocenters. The molecule has 0 radical (unpaired) electrons. The molecule has 31 heavy (non-hydrogen) atoms. The Morgan fingerprint density at radius 1 is 1.16 bits per heavy atom. The van der Waals surface area contributed by atoms with E-state index in [1.807, 2.05) is 0 Å². The van der Waals surface area contributed by atoms with Gasteiger partial charge in [0.1, 0.15) is 18.3 Å². The highest BCUT2D eigenvalue weighted by Crippen LogP contribution is 2.17. The third-order valence-electron chi connectivity index (χ3n) is 4.49. The van der Waals surface area contributed by atoms with Crippen LogP contribution in [-0.4, -0.2) is 31.5 Å². The quantitative estimate of drug-likeness (QED) is 0.170. The average molecular weight is 451 g/mol. The predicted molar refractivity (Wildman–Crippen MR) is 117 cm³/mol. The highest BCUT2D eigenvalue weighted by molar-refractivity contribution is 7.91. The van der Waals surface area contributed by atoms with E-state index in [0.717, 1.165) is 10.1 Å². The van der Waals surface area contributed by atoms with Gasteiger partial charge in [-0.05, 0) is 42.3 Å². The molecule has 11 nitrogen and oxygen atoms in total. The van der Waals surface area contributed by atoms with E-state index in [1.165, 1.54) is 12.1 Å². The van der Waals surface area contributed by atoms with Gasteiger partial charge in [0.25, 0.3) is 5.56 Å². The number of primary amides is 1. The number of carbonyl (C=O) groups excluding carboxylic acids is 1. The topological polar surface area (TPSA) is 185 Å². The summed E-state index contributed by atoms with van der Waals surface area (Å²) < 4.78 is 28.7. The van der Waals surface area contributed by atoms with Crippen molar-refractivity contribution in [2.75, 3.05) is 11.3 Å². The molecule has 7 N–H and O–H groups in total. The zero-order valence-corrected chi connectivity index (χ0v) is 18.1. The minimum Gasteiger partial charge on any atom is -0.393 e. The van der Waals surface area contributed by atoms with Crippen molar-refractivity contribution in [3.05, 3.63) is 63.6 Å². The van der Waals surface area contributed by atoms with Gasteiger partial charge in [-0.1, -0.05) is 24.3 Å². The molecule has 1 aromatic heterocycles. The summed E-state index contributed by atoms with van der Waals surface area (Å²) in [7, 11) is -3.89. The van der Waals surface area contributed by atoms with Gasteiger partial charge < -0.3 is 22.0 Å². The van der Waals surface area contributed by atoms with Gasteiger partial charge in [-0.3, -0.25) is 18.9 Å². The lowest BCUT2D eigenvalue weighted by Crippen LogP contribution is -2.37. The number of pyridine rings is 1. The van der Waals surface area contributed by atoms with Crippen LogP contribution in [0.1, 0.15) is 29.3 Å². The zero-order chi connectivity index (χ0) is 23.2. The van der Waals surface area contributed by atoms with Crippen LogP contribution in [0.5, 0.6) is 0 Å². The molecule has 0 fully saturated rings. The Labute approximate surface area is 179 Å². The fraction of sp³-hybridized carbons (Fsp3) is 0.316. The Morgan fingerprint density at radius 3 is 2.45 bits per heavy atom. The first-order chi connectivity index (χ1) is 14.5. The summed E-state index contributed by atoms with van der Waals surface area (Å²) in [5.41, 5.74) is 16.7. The molecule has 0 spiro atoms. The van der Waals surface area contributed by atoms with Crippen LogP contribution in [0.15, 0.2) is 46.3 Å². The molecular formula is C19H26N6O5S. The summed E-state index contributed by atoms with van der Waals surface area (Å²) in [6, 6.07) is 8.80. The van der Waals surface area contributed by atoms with E-state index in [0.29, 0.717) is 11.3 Å². The number of sulfonamides is 1. The summed E-state index contributed by atoms with van der Waals surface area (Å²) in [6.45, 7) is 3.30. The second-order valence-corrected chi connectivity index (χ2v) is 8.63. The first-order valence-corrected chi connectivity index (χ1v) is 10.9. The van der Waals surface area contributed by atoms with Crippen LogP contribution in [0, 0.1) is 13.8 Å². The fourth-order valence-corrected chi connectivity index (χ4v) is 4.27. The van der Waals surface area contributed by atoms with Crippen LogP contribution in [0.4, 0.5) is 5.69 Å². The van der Waals surface area contributed by atoms with Crippen molar-refractivity contribution in [2.45, 2.75) is 32.1 Å². The molecule has 0 bridgehead atoms. The van der Waals surface area contributed by atoms with E-state index in [4.69, 9.17) is 22.0 Å². The summed E-state index contributed by atoms with van der Waals surface area (Å²) in [6.07, 6.45) is -0.00767. The number of rotatable bonds is 10. The van der Waals surface area contributed by atoms with Crippen molar-refractivity contribution < 1.29 is 18.0 Å². The molecule has 0 saturated carbocycles. The lowest BCUT2D eigenvalue weighted by Gasteiger charge is -2.20. The van der Waals surface area contributed by atoms with E-state index < -0.39 is 27.5 Å². The number of aryl methyl sites for hydroxylation is 2. The molecule has 1 heterocycles. The van der Waals surface area contributed by atoms with Crippen LogP contribution >= 0.6 is 0 Å². The first-order valence-electron chi connectivity index (χ1n) is 9.29. The minimum atomic E-state index is -3.89. The lowest BCUT2D eigenvalue weighted by molar-refractivity contribution is -0.121. The molecule has 1 unspecified atom stereocenters. The second-order valence-electron chi connectivity index (χ2n) is 6.91. The van der Waals surface area contributed by atoms with E-state index in [-0.39, 0.29) is 30.4 Å². The third-order valence-corrected chi connectivity index (χ3v) is 5.71. The number of oxime groups is 1. The number of amides is 1. The van der Waals surface area contributed by atoms with E-state index in [9.17, 15) is 18.0 Å². The second kappa shape index (κ2) is 9.98. The highest BCUT2D eigenvalue weighted by Gasteiger charge is 2.23. The standard InChI is InChI=1S/C19H26N6O5S/c1-12-5-3-4-6-14(12)11-31(28,29)24-15-8-7-13(2)25(18(15)27)16(17(20)26)9-10-30-23-19(21)22/h3-8,16,24H,9-11H2,1-2H3,(H2,20,26)(H4,21,22,23). The largest absolute Gasteiger partial charge is 0.393 e. The monoisotopic (exact) mass is 450 g/mol. The van der Waals surface area contributed by atoms with Crippen LogP contribution < -0.4 is 27.5 Å². The number of carbonyl (C=O) groups is 1. The predicted octanol–water partition coefficient (Wildman–Crippen LogP) is 0.0285. The van der Waals surface area contributed by atoms with Gasteiger partial charge in [0.15, 0.2) is 0 Å². The van der Waals surface area contributed by atoms with Gasteiger partial charge in [-0.2, -0.15) is 0 Å². The lowest BCUT2D eigenvalue weighted by atomic mass is 10.1. The normalized spacial score (nSPS) is 12.1. The smallest absolute Gasteiger partial charge is 0.275 e. The van der Waals surface area contributed by atoms with Gasteiger partial charge in [0, 0.05) is 12.1 Å². The number of hydrogen-bond acceptors (Lipinski definition) is 6. The first kappa shape index (κ1) is 23.7. The molecule has 1 aromatic carbocycles. The number of benzene rings is 1. The van der Waals surface area contributed by atoms with Crippen LogP contribution in [0.2, 0.25) is 0 Å². The average Bonchev–Trinajstić information content (AvgIpc) is 2.67. The van der Waals surface area contributed by atoms with Crippen molar-refractivity contribution in [1.82, 2.24) is 4.57 Å². The molecule has 1 amide bonds. The van der Waals surface area contributed by atoms with Gasteiger partial charge in [0.2, 0.25) is 21.9 Å². The fourth-order valence-electron chi connectivity index (χ4n) is 2.97. The van der Waals surface area contributed by atoms with E-state index >= 15 is 0 Å². The molecular weight excluding hydrogens is 424 g/mol. The number of nitrogens with two attached hydrogens (primary N) is 3. The maximum Gasteiger partial charge on any atom is 0.275 e. The summed E-state index contributed by atoms with van der Waals surface area (Å²) in [4.78, 5) is 29.9. The Morgan fingerprint density at radius 2 is 1.84 bits per heavy atom. The van der Waals surface area contributed by atoms with Gasteiger partial charge in [0.05, 0.1) is 5.75 Å². The molecule has 12 heteroatoms. The van der Waals surface area contributed by atoms with Crippen LogP contribution in [0.25, 0.3) is 0 Å². The number of nitrogens with one attached hydrogen (secondary N) is 1. The van der Waals surface area contributed by atoms with Crippen molar-refractivity contribution in [3.8, 4) is 0 Å². The summed E-state index contributed by atoms with van der Waals surface area (Å²) in [5.74, 6) is -1.40. The Bertz CT molecular complexity index is 1140. The molecule has 0 aliphatic heterocycles. The zero-order valence-electron chi connectivity index (χ0n) is 17.2. The third kappa shape index (κ3) is 6.47. The van der Waals surface area contributed by atoms with Crippen molar-refractivity contribution in [1.29, 1.82) is 0 Å².